The van der Waals surface area contributed by atoms with E-state index in [0.29, 0.717) is 18.8 Å². The second-order valence-electron chi connectivity index (χ2n) is 9.60. The number of hydrogen-bond donors (Lipinski definition) is 1. The van der Waals surface area contributed by atoms with Gasteiger partial charge in [-0.25, -0.2) is 0 Å². The lowest BCUT2D eigenvalue weighted by atomic mass is 9.80. The zero-order valence-electron chi connectivity index (χ0n) is 20.1. The SMILES string of the molecule is C[C@@]1(C2CCN(CC(=O)N(CC(=O)O)c3ccccc3)CC2)CN(Cc2ccccc2)C(=O)CO1. The molecule has 2 aliphatic rings. The molecule has 2 aromatic carbocycles. The molecule has 2 aliphatic heterocycles. The predicted octanol–water partition coefficient (Wildman–Crippen LogP) is 2.63. The van der Waals surface area contributed by atoms with Gasteiger partial charge in [-0.15, -0.1) is 0 Å². The molecule has 2 fully saturated rings. The Morgan fingerprint density at radius 3 is 2.31 bits per heavy atom. The average Bonchev–Trinajstić information content (AvgIpc) is 2.86. The maximum atomic E-state index is 13.0. The number of benzene rings is 2. The molecule has 8 heteroatoms. The third-order valence-corrected chi connectivity index (χ3v) is 7.07. The quantitative estimate of drug-likeness (QED) is 0.626. The fourth-order valence-corrected chi connectivity index (χ4v) is 5.07. The normalized spacial score (nSPS) is 21.6. The van der Waals surface area contributed by atoms with Gasteiger partial charge in [0, 0.05) is 12.2 Å². The van der Waals surface area contributed by atoms with E-state index in [1.165, 1.54) is 4.90 Å². The number of morpholine rings is 1. The minimum atomic E-state index is -1.04. The Morgan fingerprint density at radius 2 is 1.69 bits per heavy atom. The van der Waals surface area contributed by atoms with Crippen LogP contribution >= 0.6 is 0 Å². The van der Waals surface area contributed by atoms with E-state index in [2.05, 4.69) is 11.8 Å². The summed E-state index contributed by atoms with van der Waals surface area (Å²) < 4.78 is 6.09. The van der Waals surface area contributed by atoms with Gasteiger partial charge in [0.2, 0.25) is 11.8 Å². The first-order valence-electron chi connectivity index (χ1n) is 12.1. The van der Waals surface area contributed by atoms with Crippen molar-refractivity contribution in [3.63, 3.8) is 0 Å². The van der Waals surface area contributed by atoms with Gasteiger partial charge in [0.1, 0.15) is 13.2 Å². The Kier molecular flexibility index (Phi) is 7.83. The highest BCUT2D eigenvalue weighted by atomic mass is 16.5. The van der Waals surface area contributed by atoms with Gasteiger partial charge in [-0.05, 0) is 56.5 Å². The van der Waals surface area contributed by atoms with Crippen LogP contribution in [0.25, 0.3) is 0 Å². The van der Waals surface area contributed by atoms with Gasteiger partial charge in [0.05, 0.1) is 18.7 Å². The Balaban J connectivity index is 1.34. The molecule has 0 aliphatic carbocycles. The molecule has 0 bridgehead atoms. The van der Waals surface area contributed by atoms with E-state index in [0.717, 1.165) is 31.5 Å². The lowest BCUT2D eigenvalue weighted by Crippen LogP contribution is -2.58. The summed E-state index contributed by atoms with van der Waals surface area (Å²) in [7, 11) is 0. The van der Waals surface area contributed by atoms with Crippen LogP contribution in [0, 0.1) is 5.92 Å². The minimum Gasteiger partial charge on any atom is -0.480 e. The lowest BCUT2D eigenvalue weighted by molar-refractivity contribution is -0.174. The molecular weight excluding hydrogens is 446 g/mol. The number of nitrogens with zero attached hydrogens (tertiary/aromatic N) is 3. The smallest absolute Gasteiger partial charge is 0.323 e. The van der Waals surface area contributed by atoms with Crippen molar-refractivity contribution < 1.29 is 24.2 Å². The van der Waals surface area contributed by atoms with E-state index in [1.807, 2.05) is 41.3 Å². The van der Waals surface area contributed by atoms with Gasteiger partial charge >= 0.3 is 5.97 Å². The molecule has 0 radical (unpaired) electrons. The third-order valence-electron chi connectivity index (χ3n) is 7.07. The molecule has 35 heavy (non-hydrogen) atoms. The van der Waals surface area contributed by atoms with Crippen LogP contribution in [0.1, 0.15) is 25.3 Å². The van der Waals surface area contributed by atoms with Crippen LogP contribution < -0.4 is 4.90 Å². The molecule has 2 amide bonds. The topological polar surface area (TPSA) is 90.4 Å². The summed E-state index contributed by atoms with van der Waals surface area (Å²) in [5, 5.41) is 9.29. The number of carbonyl (C=O) groups excluding carboxylic acids is 2. The lowest BCUT2D eigenvalue weighted by Gasteiger charge is -2.47. The number of carbonyl (C=O) groups is 3. The molecule has 1 N–H and O–H groups in total. The maximum Gasteiger partial charge on any atom is 0.323 e. The number of para-hydroxylation sites is 1. The number of hydrogen-bond acceptors (Lipinski definition) is 5. The molecule has 0 saturated carbocycles. The molecule has 8 nitrogen and oxygen atoms in total. The summed E-state index contributed by atoms with van der Waals surface area (Å²) in [4.78, 5) is 42.1. The Hall–Kier alpha value is -3.23. The van der Waals surface area contributed by atoms with E-state index in [9.17, 15) is 19.5 Å². The van der Waals surface area contributed by atoms with Crippen molar-refractivity contribution in [2.75, 3.05) is 44.2 Å². The van der Waals surface area contributed by atoms with Crippen molar-refractivity contribution in [2.45, 2.75) is 31.9 Å². The van der Waals surface area contributed by atoms with Gasteiger partial charge in [-0.3, -0.25) is 19.3 Å². The summed E-state index contributed by atoms with van der Waals surface area (Å²) in [6.07, 6.45) is 1.70. The number of piperidine rings is 1. The zero-order chi connectivity index (χ0) is 24.8. The Labute approximate surface area is 206 Å². The summed E-state index contributed by atoms with van der Waals surface area (Å²) >= 11 is 0. The summed E-state index contributed by atoms with van der Waals surface area (Å²) in [5.41, 5.74) is 1.25. The monoisotopic (exact) mass is 479 g/mol. The Bertz CT molecular complexity index is 1020. The molecule has 0 unspecified atom stereocenters. The van der Waals surface area contributed by atoms with Crippen LogP contribution in [0.5, 0.6) is 0 Å². The molecule has 2 heterocycles. The van der Waals surface area contributed by atoms with Gasteiger partial charge in [-0.1, -0.05) is 48.5 Å². The molecular formula is C27H33N3O5. The van der Waals surface area contributed by atoms with Crippen LogP contribution in [-0.4, -0.2) is 77.6 Å². The number of carboxylic acid groups (broad SMARTS) is 1. The highest BCUT2D eigenvalue weighted by Gasteiger charge is 2.43. The number of carboxylic acids is 1. The minimum absolute atomic E-state index is 0.00814. The summed E-state index contributed by atoms with van der Waals surface area (Å²) in [6, 6.07) is 18.9. The molecule has 4 rings (SSSR count). The first-order chi connectivity index (χ1) is 16.8. The van der Waals surface area contributed by atoms with Gasteiger partial charge < -0.3 is 19.6 Å². The number of rotatable bonds is 8. The summed E-state index contributed by atoms with van der Waals surface area (Å²) in [5.74, 6) is -0.993. The third kappa shape index (κ3) is 6.26. The van der Waals surface area contributed by atoms with Crippen molar-refractivity contribution in [2.24, 2.45) is 5.92 Å². The van der Waals surface area contributed by atoms with E-state index >= 15 is 0 Å². The van der Waals surface area contributed by atoms with Crippen molar-refractivity contribution in [1.29, 1.82) is 0 Å². The van der Waals surface area contributed by atoms with Crippen molar-refractivity contribution in [3.8, 4) is 0 Å². The first kappa shape index (κ1) is 24.9. The molecule has 2 saturated heterocycles. The Morgan fingerprint density at radius 1 is 1.06 bits per heavy atom. The molecule has 0 spiro atoms. The van der Waals surface area contributed by atoms with Crippen LogP contribution in [0.4, 0.5) is 5.69 Å². The van der Waals surface area contributed by atoms with E-state index in [1.54, 1.807) is 24.3 Å². The number of ether oxygens (including phenoxy) is 1. The van der Waals surface area contributed by atoms with Crippen molar-refractivity contribution in [1.82, 2.24) is 9.80 Å². The van der Waals surface area contributed by atoms with Crippen molar-refractivity contribution in [3.05, 3.63) is 66.2 Å². The van der Waals surface area contributed by atoms with Crippen LogP contribution in [-0.2, 0) is 25.7 Å². The fourth-order valence-electron chi connectivity index (χ4n) is 5.07. The fraction of sp³-hybridized carbons (Fsp3) is 0.444. The highest BCUT2D eigenvalue weighted by Crippen LogP contribution is 2.34. The number of aliphatic carboxylic acids is 1. The average molecular weight is 480 g/mol. The second-order valence-corrected chi connectivity index (χ2v) is 9.60. The zero-order valence-corrected chi connectivity index (χ0v) is 20.1. The molecule has 186 valence electrons. The van der Waals surface area contributed by atoms with Crippen LogP contribution in [0.2, 0.25) is 0 Å². The highest BCUT2D eigenvalue weighted by molar-refractivity contribution is 5.98. The van der Waals surface area contributed by atoms with E-state index in [4.69, 9.17) is 4.74 Å². The number of amides is 2. The van der Waals surface area contributed by atoms with Crippen LogP contribution in [0.3, 0.4) is 0 Å². The van der Waals surface area contributed by atoms with Crippen LogP contribution in [0.15, 0.2) is 60.7 Å². The van der Waals surface area contributed by atoms with Crippen molar-refractivity contribution >= 4 is 23.5 Å². The first-order valence-corrected chi connectivity index (χ1v) is 12.1. The van der Waals surface area contributed by atoms with Gasteiger partial charge in [0.25, 0.3) is 0 Å². The molecule has 0 aromatic heterocycles. The van der Waals surface area contributed by atoms with E-state index < -0.39 is 11.6 Å². The molecule has 1 atom stereocenters. The van der Waals surface area contributed by atoms with E-state index in [-0.39, 0.29) is 37.4 Å². The van der Waals surface area contributed by atoms with Gasteiger partial charge in [0.15, 0.2) is 0 Å². The summed E-state index contributed by atoms with van der Waals surface area (Å²) in [6.45, 7) is 4.54. The molecule has 2 aromatic rings. The number of anilines is 1. The largest absolute Gasteiger partial charge is 0.480 e. The standard InChI is InChI=1S/C27H33N3O5/c1-27(20-29(25(32)19-35-27)16-21-8-4-2-5-9-21)22-12-14-28(15-13-22)17-24(31)30(18-26(33)34)23-10-6-3-7-11-23/h2-11,22H,12-20H2,1H3,(H,33,34)/t27-/m0/s1. The predicted molar refractivity (Wildman–Crippen MR) is 132 cm³/mol. The van der Waals surface area contributed by atoms with Gasteiger partial charge in [-0.2, -0.15) is 0 Å². The second kappa shape index (κ2) is 11.0. The number of likely N-dealkylation sites (tertiary alicyclic amines) is 1. The maximum absolute atomic E-state index is 13.0.